The molecule has 1 aromatic heterocycles. The van der Waals surface area contributed by atoms with Gasteiger partial charge < -0.3 is 9.88 Å². The Bertz CT molecular complexity index is 1050. The number of amides is 1. The molecule has 1 saturated carbocycles. The molecule has 1 saturated heterocycles. The second-order valence-electron chi connectivity index (χ2n) is 9.16. The summed E-state index contributed by atoms with van der Waals surface area (Å²) in [5, 5.41) is 3.05. The first-order valence-electron chi connectivity index (χ1n) is 11.0. The number of piperidine rings is 1. The van der Waals surface area contributed by atoms with E-state index >= 15 is 0 Å². The van der Waals surface area contributed by atoms with Gasteiger partial charge in [0, 0.05) is 25.6 Å². The van der Waals surface area contributed by atoms with Crippen LogP contribution in [0.3, 0.4) is 0 Å². The summed E-state index contributed by atoms with van der Waals surface area (Å²) in [7, 11) is 2.22. The van der Waals surface area contributed by atoms with E-state index in [4.69, 9.17) is 4.98 Å². The Hall–Kier alpha value is -2.66. The Morgan fingerprint density at radius 2 is 1.87 bits per heavy atom. The number of nitrogens with zero attached hydrogens (tertiary/aromatic N) is 3. The molecular weight excluding hydrogens is 372 g/mol. The SMILES string of the molecule is Cc1ccc(Cn2c(CN(C)[C@H]3C[C@H]4CNC(=O)C[C@H]4C3)nc3ccccc32)cc1. The smallest absolute Gasteiger partial charge is 0.220 e. The molecule has 5 nitrogen and oxygen atoms in total. The number of carbonyl (C=O) groups excluding carboxylic acids is 1. The Morgan fingerprint density at radius 3 is 2.70 bits per heavy atom. The van der Waals surface area contributed by atoms with Gasteiger partial charge in [0.1, 0.15) is 5.82 Å². The molecule has 2 aliphatic rings. The van der Waals surface area contributed by atoms with Gasteiger partial charge >= 0.3 is 0 Å². The summed E-state index contributed by atoms with van der Waals surface area (Å²) >= 11 is 0. The van der Waals surface area contributed by atoms with Crippen LogP contribution < -0.4 is 5.32 Å². The van der Waals surface area contributed by atoms with Crippen molar-refractivity contribution in [3.05, 3.63) is 65.5 Å². The standard InChI is InChI=1S/C25H30N4O/c1-17-7-9-18(10-8-17)15-29-23-6-4-3-5-22(23)27-24(29)16-28(2)21-11-19-13-25(30)26-14-20(19)12-21/h3-10,19-21H,11-16H2,1-2H3,(H,26,30)/t19-,20+,21-/m1/s1. The number of aryl methyl sites for hydroxylation is 1. The Morgan fingerprint density at radius 1 is 1.10 bits per heavy atom. The minimum atomic E-state index is 0.222. The number of rotatable bonds is 5. The van der Waals surface area contributed by atoms with Crippen LogP contribution in [0.25, 0.3) is 11.0 Å². The van der Waals surface area contributed by atoms with Gasteiger partial charge in [-0.1, -0.05) is 42.0 Å². The highest BCUT2D eigenvalue weighted by Crippen LogP contribution is 2.38. The first-order chi connectivity index (χ1) is 14.6. The molecule has 0 spiro atoms. The molecule has 5 rings (SSSR count). The molecular formula is C25H30N4O. The maximum Gasteiger partial charge on any atom is 0.220 e. The molecule has 3 atom stereocenters. The maximum absolute atomic E-state index is 11.8. The minimum absolute atomic E-state index is 0.222. The fourth-order valence-electron chi connectivity index (χ4n) is 5.25. The first-order valence-corrected chi connectivity index (χ1v) is 11.0. The van der Waals surface area contributed by atoms with Crippen LogP contribution in [-0.2, 0) is 17.9 Å². The summed E-state index contributed by atoms with van der Waals surface area (Å²) in [5.74, 6) is 2.50. The number of hydrogen-bond donors (Lipinski definition) is 1. The van der Waals surface area contributed by atoms with E-state index in [0.29, 0.717) is 24.3 Å². The minimum Gasteiger partial charge on any atom is -0.356 e. The van der Waals surface area contributed by atoms with Crippen molar-refractivity contribution in [2.24, 2.45) is 11.8 Å². The molecule has 0 radical (unpaired) electrons. The van der Waals surface area contributed by atoms with E-state index in [9.17, 15) is 4.79 Å². The highest BCUT2D eigenvalue weighted by atomic mass is 16.1. The van der Waals surface area contributed by atoms with E-state index in [2.05, 4.69) is 77.3 Å². The molecule has 5 heteroatoms. The third-order valence-corrected chi connectivity index (χ3v) is 7.03. The van der Waals surface area contributed by atoms with Gasteiger partial charge in [0.15, 0.2) is 0 Å². The Balaban J connectivity index is 1.38. The molecule has 156 valence electrons. The number of para-hydroxylation sites is 2. The van der Waals surface area contributed by atoms with Crippen molar-refractivity contribution in [1.29, 1.82) is 0 Å². The highest BCUT2D eigenvalue weighted by molar-refractivity contribution is 5.77. The van der Waals surface area contributed by atoms with E-state index < -0.39 is 0 Å². The van der Waals surface area contributed by atoms with Crippen molar-refractivity contribution in [2.75, 3.05) is 13.6 Å². The van der Waals surface area contributed by atoms with E-state index in [1.165, 1.54) is 23.1 Å². The van der Waals surface area contributed by atoms with E-state index in [1.807, 2.05) is 0 Å². The van der Waals surface area contributed by atoms with Crippen LogP contribution in [0.5, 0.6) is 0 Å². The van der Waals surface area contributed by atoms with Crippen molar-refractivity contribution >= 4 is 16.9 Å². The summed E-state index contributed by atoms with van der Waals surface area (Å²) in [5.41, 5.74) is 4.83. The van der Waals surface area contributed by atoms with Gasteiger partial charge in [-0.3, -0.25) is 9.69 Å². The third kappa shape index (κ3) is 3.74. The van der Waals surface area contributed by atoms with E-state index in [-0.39, 0.29) is 5.91 Å². The van der Waals surface area contributed by atoms with Crippen LogP contribution in [0, 0.1) is 18.8 Å². The fourth-order valence-corrected chi connectivity index (χ4v) is 5.25. The van der Waals surface area contributed by atoms with Gasteiger partial charge in [0.25, 0.3) is 0 Å². The van der Waals surface area contributed by atoms with E-state index in [1.54, 1.807) is 0 Å². The molecule has 30 heavy (non-hydrogen) atoms. The Kier molecular flexibility index (Phi) is 5.07. The molecule has 2 aromatic carbocycles. The quantitative estimate of drug-likeness (QED) is 0.707. The number of aromatic nitrogens is 2. The normalized spacial score (nSPS) is 23.7. The lowest BCUT2D eigenvalue weighted by molar-refractivity contribution is -0.124. The van der Waals surface area contributed by atoms with E-state index in [0.717, 1.165) is 37.4 Å². The zero-order valence-electron chi connectivity index (χ0n) is 17.8. The Labute approximate surface area is 178 Å². The summed E-state index contributed by atoms with van der Waals surface area (Å²) < 4.78 is 2.36. The zero-order valence-corrected chi connectivity index (χ0v) is 17.8. The lowest BCUT2D eigenvalue weighted by atomic mass is 9.89. The van der Waals surface area contributed by atoms with Crippen molar-refractivity contribution in [3.8, 4) is 0 Å². The second kappa shape index (κ2) is 7.88. The largest absolute Gasteiger partial charge is 0.356 e. The third-order valence-electron chi connectivity index (χ3n) is 7.03. The average Bonchev–Trinajstić information content (AvgIpc) is 3.31. The van der Waals surface area contributed by atoms with Crippen LogP contribution in [-0.4, -0.2) is 40.0 Å². The molecule has 3 aromatic rings. The number of hydrogen-bond acceptors (Lipinski definition) is 3. The predicted molar refractivity (Wildman–Crippen MR) is 119 cm³/mol. The first kappa shape index (κ1) is 19.3. The van der Waals surface area contributed by atoms with Gasteiger partial charge in [0.05, 0.1) is 17.6 Å². The van der Waals surface area contributed by atoms with Crippen LogP contribution in [0.4, 0.5) is 0 Å². The zero-order chi connectivity index (χ0) is 20.7. The van der Waals surface area contributed by atoms with Crippen LogP contribution in [0.2, 0.25) is 0 Å². The summed E-state index contributed by atoms with van der Waals surface area (Å²) in [6.07, 6.45) is 2.98. The van der Waals surface area contributed by atoms with Crippen LogP contribution in [0.15, 0.2) is 48.5 Å². The molecule has 1 amide bonds. The van der Waals surface area contributed by atoms with Gasteiger partial charge in [-0.25, -0.2) is 4.98 Å². The van der Waals surface area contributed by atoms with Crippen molar-refractivity contribution in [1.82, 2.24) is 19.8 Å². The lowest BCUT2D eigenvalue weighted by Gasteiger charge is -2.24. The van der Waals surface area contributed by atoms with Crippen LogP contribution in [0.1, 0.15) is 36.2 Å². The molecule has 0 bridgehead atoms. The van der Waals surface area contributed by atoms with Gasteiger partial charge in [-0.2, -0.15) is 0 Å². The summed E-state index contributed by atoms with van der Waals surface area (Å²) in [6.45, 7) is 4.63. The number of benzene rings is 2. The van der Waals surface area contributed by atoms with Crippen molar-refractivity contribution in [2.45, 2.75) is 45.3 Å². The number of imidazole rings is 1. The molecule has 2 heterocycles. The topological polar surface area (TPSA) is 50.2 Å². The van der Waals surface area contributed by atoms with Gasteiger partial charge in [-0.05, 0) is 56.3 Å². The van der Waals surface area contributed by atoms with Gasteiger partial charge in [-0.15, -0.1) is 0 Å². The average molecular weight is 403 g/mol. The van der Waals surface area contributed by atoms with Gasteiger partial charge in [0.2, 0.25) is 5.91 Å². The molecule has 2 fully saturated rings. The predicted octanol–water partition coefficient (Wildman–Crippen LogP) is 3.74. The van der Waals surface area contributed by atoms with Crippen LogP contribution >= 0.6 is 0 Å². The molecule has 0 unspecified atom stereocenters. The molecule has 1 aliphatic carbocycles. The maximum atomic E-state index is 11.8. The monoisotopic (exact) mass is 402 g/mol. The highest BCUT2D eigenvalue weighted by Gasteiger charge is 2.39. The summed E-state index contributed by atoms with van der Waals surface area (Å²) in [6, 6.07) is 17.7. The van der Waals surface area contributed by atoms with Crippen molar-refractivity contribution in [3.63, 3.8) is 0 Å². The lowest BCUT2D eigenvalue weighted by Crippen LogP contribution is -2.38. The molecule has 1 aliphatic heterocycles. The fraction of sp³-hybridized carbons (Fsp3) is 0.440. The second-order valence-corrected chi connectivity index (χ2v) is 9.16. The number of nitrogens with one attached hydrogen (secondary N) is 1. The number of carbonyl (C=O) groups is 1. The number of fused-ring (bicyclic) bond motifs is 2. The van der Waals surface area contributed by atoms with Crippen molar-refractivity contribution < 1.29 is 4.79 Å². The summed E-state index contributed by atoms with van der Waals surface area (Å²) in [4.78, 5) is 19.2. The molecule has 1 N–H and O–H groups in total.